The topological polar surface area (TPSA) is 47.9 Å². The van der Waals surface area contributed by atoms with Gasteiger partial charge in [0.1, 0.15) is 6.10 Å². The minimum atomic E-state index is -0.491. The van der Waals surface area contributed by atoms with Crippen LogP contribution in [-0.2, 0) is 14.2 Å². The predicted octanol–water partition coefficient (Wildman–Crippen LogP) is 2.49. The average molecular weight is 272 g/mol. The van der Waals surface area contributed by atoms with Crippen molar-refractivity contribution in [2.24, 2.45) is 5.92 Å². The predicted molar refractivity (Wildman–Crippen MR) is 72.9 cm³/mol. The summed E-state index contributed by atoms with van der Waals surface area (Å²) in [6, 6.07) is 0. The number of ether oxygens (including phenoxy) is 3. The minimum absolute atomic E-state index is 0.00289. The quantitative estimate of drug-likeness (QED) is 0.807. The van der Waals surface area contributed by atoms with E-state index in [1.165, 1.54) is 32.1 Å². The fourth-order valence-corrected chi connectivity index (χ4v) is 3.06. The van der Waals surface area contributed by atoms with Gasteiger partial charge in [0.25, 0.3) is 0 Å². The van der Waals surface area contributed by atoms with Crippen LogP contribution in [0.1, 0.15) is 52.4 Å². The van der Waals surface area contributed by atoms with E-state index in [4.69, 9.17) is 14.2 Å². The molecule has 2 aliphatic rings. The molecule has 0 aromatic rings. The monoisotopic (exact) mass is 272 g/mol. The van der Waals surface area contributed by atoms with E-state index in [2.05, 4.69) is 0 Å². The van der Waals surface area contributed by atoms with E-state index in [9.17, 15) is 5.11 Å². The van der Waals surface area contributed by atoms with Crippen molar-refractivity contribution < 1.29 is 19.3 Å². The van der Waals surface area contributed by atoms with E-state index < -0.39 is 5.79 Å². The van der Waals surface area contributed by atoms with Crippen LogP contribution in [0, 0.1) is 5.92 Å². The molecule has 1 aliphatic heterocycles. The van der Waals surface area contributed by atoms with Gasteiger partial charge < -0.3 is 19.3 Å². The largest absolute Gasteiger partial charge is 0.391 e. The Hall–Kier alpha value is -0.160. The van der Waals surface area contributed by atoms with E-state index in [1.807, 2.05) is 13.8 Å². The second kappa shape index (κ2) is 7.02. The molecule has 0 aromatic heterocycles. The van der Waals surface area contributed by atoms with Gasteiger partial charge in [-0.1, -0.05) is 32.1 Å². The molecule has 4 heteroatoms. The third kappa shape index (κ3) is 5.38. The molecule has 112 valence electrons. The van der Waals surface area contributed by atoms with Gasteiger partial charge in [0.2, 0.25) is 0 Å². The molecular weight excluding hydrogens is 244 g/mol. The molecule has 1 aliphatic carbocycles. The van der Waals surface area contributed by atoms with Gasteiger partial charge >= 0.3 is 0 Å². The molecule has 2 atom stereocenters. The summed E-state index contributed by atoms with van der Waals surface area (Å²) in [7, 11) is 0. The molecule has 2 rings (SSSR count). The lowest BCUT2D eigenvalue weighted by Crippen LogP contribution is -2.27. The van der Waals surface area contributed by atoms with Crippen molar-refractivity contribution in [3.63, 3.8) is 0 Å². The summed E-state index contributed by atoms with van der Waals surface area (Å²) in [6.45, 7) is 5.31. The molecule has 1 saturated carbocycles. The molecule has 2 fully saturated rings. The number of hydrogen-bond donors (Lipinski definition) is 1. The second-order valence-corrected chi connectivity index (χ2v) is 6.38. The van der Waals surface area contributed by atoms with Gasteiger partial charge in [0.15, 0.2) is 5.79 Å². The lowest BCUT2D eigenvalue weighted by molar-refractivity contribution is -0.146. The van der Waals surface area contributed by atoms with Crippen molar-refractivity contribution >= 4 is 0 Å². The maximum Gasteiger partial charge on any atom is 0.163 e. The van der Waals surface area contributed by atoms with Crippen LogP contribution in [0.15, 0.2) is 0 Å². The minimum Gasteiger partial charge on any atom is -0.391 e. The van der Waals surface area contributed by atoms with Gasteiger partial charge in [-0.2, -0.15) is 0 Å². The smallest absolute Gasteiger partial charge is 0.163 e. The number of hydrogen-bond acceptors (Lipinski definition) is 4. The summed E-state index contributed by atoms with van der Waals surface area (Å²) in [5.41, 5.74) is 0. The molecular formula is C15H28O4. The molecule has 4 nitrogen and oxygen atoms in total. The SMILES string of the molecule is CC1(C)OCC(COCC(O)CC2CCCCC2)O1. The zero-order chi connectivity index (χ0) is 13.7. The third-order valence-corrected chi connectivity index (χ3v) is 4.01. The summed E-state index contributed by atoms with van der Waals surface area (Å²) in [4.78, 5) is 0. The van der Waals surface area contributed by atoms with Gasteiger partial charge in [0.05, 0.1) is 25.9 Å². The van der Waals surface area contributed by atoms with Gasteiger partial charge in [-0.3, -0.25) is 0 Å². The Balaban J connectivity index is 1.55. The summed E-state index contributed by atoms with van der Waals surface area (Å²) >= 11 is 0. The summed E-state index contributed by atoms with van der Waals surface area (Å²) in [5.74, 6) is 0.201. The van der Waals surface area contributed by atoms with Gasteiger partial charge in [-0.15, -0.1) is 0 Å². The first-order chi connectivity index (χ1) is 9.05. The summed E-state index contributed by atoms with van der Waals surface area (Å²) in [5, 5.41) is 9.98. The van der Waals surface area contributed by atoms with Crippen LogP contribution in [0.2, 0.25) is 0 Å². The van der Waals surface area contributed by atoms with Crippen molar-refractivity contribution in [3.8, 4) is 0 Å². The second-order valence-electron chi connectivity index (χ2n) is 6.38. The van der Waals surface area contributed by atoms with Crippen LogP contribution >= 0.6 is 0 Å². The van der Waals surface area contributed by atoms with Crippen LogP contribution in [0.4, 0.5) is 0 Å². The molecule has 1 heterocycles. The fraction of sp³-hybridized carbons (Fsp3) is 1.00. The van der Waals surface area contributed by atoms with Crippen molar-refractivity contribution in [2.45, 2.75) is 70.4 Å². The molecule has 19 heavy (non-hydrogen) atoms. The van der Waals surface area contributed by atoms with Crippen LogP contribution in [0.25, 0.3) is 0 Å². The highest BCUT2D eigenvalue weighted by molar-refractivity contribution is 4.72. The average Bonchev–Trinajstić information content (AvgIpc) is 2.70. The Kier molecular flexibility index (Phi) is 5.63. The molecule has 0 amide bonds. The van der Waals surface area contributed by atoms with Crippen LogP contribution < -0.4 is 0 Å². The Labute approximate surface area is 116 Å². The third-order valence-electron chi connectivity index (χ3n) is 4.01. The zero-order valence-corrected chi connectivity index (χ0v) is 12.3. The maximum absolute atomic E-state index is 9.98. The highest BCUT2D eigenvalue weighted by atomic mass is 16.7. The molecule has 2 unspecified atom stereocenters. The van der Waals surface area contributed by atoms with Crippen LogP contribution in [0.3, 0.4) is 0 Å². The van der Waals surface area contributed by atoms with Crippen molar-refractivity contribution in [2.75, 3.05) is 19.8 Å². The first-order valence-electron chi connectivity index (χ1n) is 7.63. The van der Waals surface area contributed by atoms with Crippen LogP contribution in [-0.4, -0.2) is 42.9 Å². The van der Waals surface area contributed by atoms with Gasteiger partial charge in [0, 0.05) is 0 Å². The maximum atomic E-state index is 9.98. The number of aliphatic hydroxyl groups is 1. The van der Waals surface area contributed by atoms with Gasteiger partial charge in [-0.25, -0.2) is 0 Å². The highest BCUT2D eigenvalue weighted by Gasteiger charge is 2.32. The number of rotatable bonds is 6. The lowest BCUT2D eigenvalue weighted by Gasteiger charge is -2.24. The van der Waals surface area contributed by atoms with E-state index in [-0.39, 0.29) is 12.2 Å². The first kappa shape index (κ1) is 15.2. The lowest BCUT2D eigenvalue weighted by atomic mass is 9.85. The molecule has 1 N–H and O–H groups in total. The van der Waals surface area contributed by atoms with E-state index >= 15 is 0 Å². The number of aliphatic hydroxyl groups excluding tert-OH is 1. The van der Waals surface area contributed by atoms with Crippen molar-refractivity contribution in [1.29, 1.82) is 0 Å². The molecule has 0 radical (unpaired) electrons. The molecule has 1 saturated heterocycles. The fourth-order valence-electron chi connectivity index (χ4n) is 3.06. The first-order valence-corrected chi connectivity index (χ1v) is 7.63. The molecule has 0 aromatic carbocycles. The Morgan fingerprint density at radius 2 is 2.00 bits per heavy atom. The van der Waals surface area contributed by atoms with E-state index in [0.717, 1.165) is 6.42 Å². The Morgan fingerprint density at radius 1 is 1.26 bits per heavy atom. The normalized spacial score (nSPS) is 29.5. The molecule has 0 bridgehead atoms. The van der Waals surface area contributed by atoms with Crippen molar-refractivity contribution in [3.05, 3.63) is 0 Å². The standard InChI is InChI=1S/C15H28O4/c1-15(2)18-11-14(19-15)10-17-9-13(16)8-12-6-4-3-5-7-12/h12-14,16H,3-11H2,1-2H3. The van der Waals surface area contributed by atoms with E-state index in [1.54, 1.807) is 0 Å². The Morgan fingerprint density at radius 3 is 2.63 bits per heavy atom. The molecule has 0 spiro atoms. The zero-order valence-electron chi connectivity index (χ0n) is 12.3. The summed E-state index contributed by atoms with van der Waals surface area (Å²) in [6.07, 6.45) is 7.08. The van der Waals surface area contributed by atoms with Gasteiger partial charge in [-0.05, 0) is 26.2 Å². The summed E-state index contributed by atoms with van der Waals surface area (Å²) < 4.78 is 16.7. The van der Waals surface area contributed by atoms with Crippen LogP contribution in [0.5, 0.6) is 0 Å². The highest BCUT2D eigenvalue weighted by Crippen LogP contribution is 2.27. The van der Waals surface area contributed by atoms with E-state index in [0.29, 0.717) is 25.7 Å². The van der Waals surface area contributed by atoms with Crippen molar-refractivity contribution in [1.82, 2.24) is 0 Å². The Bertz CT molecular complexity index is 261.